The smallest absolute Gasteiger partial charge is 0.243 e. The standard InChI is InChI=1S/C25H23F2N7O2/c1-2-36-21-13-11-18(12-14-21)29-22(35)15-28-23-32-24(30-19-7-3-16(26)4-8-19)34-25(33-23)31-20-9-5-17(27)6-10-20/h3-14H,2,15H2,1H3,(H,29,35)(H3,28,30,31,32,33,34). The zero-order chi connectivity index (χ0) is 25.3. The maximum Gasteiger partial charge on any atom is 0.243 e. The van der Waals surface area contributed by atoms with Crippen molar-refractivity contribution in [3.8, 4) is 5.75 Å². The molecule has 1 amide bonds. The molecule has 1 heterocycles. The Labute approximate surface area is 206 Å². The van der Waals surface area contributed by atoms with E-state index < -0.39 is 0 Å². The van der Waals surface area contributed by atoms with Crippen LogP contribution < -0.4 is 26.0 Å². The molecule has 4 aromatic rings. The highest BCUT2D eigenvalue weighted by atomic mass is 19.1. The van der Waals surface area contributed by atoms with E-state index in [2.05, 4.69) is 36.2 Å². The van der Waals surface area contributed by atoms with Gasteiger partial charge in [-0.1, -0.05) is 0 Å². The van der Waals surface area contributed by atoms with Gasteiger partial charge >= 0.3 is 0 Å². The van der Waals surface area contributed by atoms with E-state index in [1.165, 1.54) is 48.5 Å². The second-order valence-corrected chi connectivity index (χ2v) is 7.43. The summed E-state index contributed by atoms with van der Waals surface area (Å²) in [6.07, 6.45) is 0. The molecule has 184 valence electrons. The van der Waals surface area contributed by atoms with Crippen LogP contribution in [0.4, 0.5) is 43.7 Å². The predicted octanol–water partition coefficient (Wildman–Crippen LogP) is 5.09. The Kier molecular flexibility index (Phi) is 7.81. The molecule has 0 unspecified atom stereocenters. The van der Waals surface area contributed by atoms with E-state index in [-0.39, 0.29) is 41.9 Å². The van der Waals surface area contributed by atoms with Gasteiger partial charge in [0.05, 0.1) is 13.2 Å². The normalized spacial score (nSPS) is 10.4. The Morgan fingerprint density at radius 3 is 1.69 bits per heavy atom. The summed E-state index contributed by atoms with van der Waals surface area (Å²) in [6.45, 7) is 2.32. The highest BCUT2D eigenvalue weighted by Gasteiger charge is 2.10. The van der Waals surface area contributed by atoms with Crippen molar-refractivity contribution in [2.24, 2.45) is 0 Å². The van der Waals surface area contributed by atoms with Gasteiger partial charge in [-0.2, -0.15) is 15.0 Å². The fourth-order valence-corrected chi connectivity index (χ4v) is 3.06. The summed E-state index contributed by atoms with van der Waals surface area (Å²) in [5, 5.41) is 11.6. The van der Waals surface area contributed by atoms with Crippen LogP contribution in [0.15, 0.2) is 72.8 Å². The molecule has 0 spiro atoms. The molecule has 0 atom stereocenters. The first kappa shape index (κ1) is 24.3. The largest absolute Gasteiger partial charge is 0.494 e. The highest BCUT2D eigenvalue weighted by molar-refractivity contribution is 5.93. The average Bonchev–Trinajstić information content (AvgIpc) is 2.87. The van der Waals surface area contributed by atoms with Gasteiger partial charge in [-0.05, 0) is 79.7 Å². The molecule has 0 fully saturated rings. The SMILES string of the molecule is CCOc1ccc(NC(=O)CNc2nc(Nc3ccc(F)cc3)nc(Nc3ccc(F)cc3)n2)cc1. The quantitative estimate of drug-likeness (QED) is 0.243. The van der Waals surface area contributed by atoms with Gasteiger partial charge in [0.2, 0.25) is 23.8 Å². The van der Waals surface area contributed by atoms with Crippen molar-refractivity contribution in [1.29, 1.82) is 0 Å². The zero-order valence-electron chi connectivity index (χ0n) is 19.3. The van der Waals surface area contributed by atoms with Gasteiger partial charge in [0.1, 0.15) is 17.4 Å². The lowest BCUT2D eigenvalue weighted by molar-refractivity contribution is -0.114. The molecule has 11 heteroatoms. The highest BCUT2D eigenvalue weighted by Crippen LogP contribution is 2.20. The number of carbonyl (C=O) groups is 1. The number of nitrogens with one attached hydrogen (secondary N) is 4. The van der Waals surface area contributed by atoms with E-state index in [0.29, 0.717) is 29.4 Å². The van der Waals surface area contributed by atoms with Crippen LogP contribution in [-0.2, 0) is 4.79 Å². The third-order valence-corrected chi connectivity index (χ3v) is 4.69. The van der Waals surface area contributed by atoms with Gasteiger partial charge in [-0.3, -0.25) is 4.79 Å². The first-order valence-corrected chi connectivity index (χ1v) is 11.0. The topological polar surface area (TPSA) is 113 Å². The second-order valence-electron chi connectivity index (χ2n) is 7.43. The van der Waals surface area contributed by atoms with Gasteiger partial charge in [0, 0.05) is 17.1 Å². The van der Waals surface area contributed by atoms with Crippen LogP contribution in [0.25, 0.3) is 0 Å². The minimum atomic E-state index is -0.379. The molecule has 4 N–H and O–H groups in total. The fourth-order valence-electron chi connectivity index (χ4n) is 3.06. The van der Waals surface area contributed by atoms with E-state index >= 15 is 0 Å². The molecule has 0 saturated carbocycles. The predicted molar refractivity (Wildman–Crippen MR) is 134 cm³/mol. The van der Waals surface area contributed by atoms with Crippen molar-refractivity contribution in [3.05, 3.63) is 84.4 Å². The number of carbonyl (C=O) groups excluding carboxylic acids is 1. The van der Waals surface area contributed by atoms with Crippen LogP contribution in [0.2, 0.25) is 0 Å². The maximum absolute atomic E-state index is 13.3. The molecule has 0 aliphatic rings. The number of rotatable bonds is 10. The van der Waals surface area contributed by atoms with E-state index in [1.807, 2.05) is 6.92 Å². The number of anilines is 6. The first-order chi connectivity index (χ1) is 17.5. The molecule has 1 aromatic heterocycles. The van der Waals surface area contributed by atoms with Crippen molar-refractivity contribution in [2.45, 2.75) is 6.92 Å². The monoisotopic (exact) mass is 491 g/mol. The van der Waals surface area contributed by atoms with Gasteiger partial charge in [0.15, 0.2) is 0 Å². The summed E-state index contributed by atoms with van der Waals surface area (Å²) in [4.78, 5) is 25.3. The number of benzene rings is 3. The Morgan fingerprint density at radius 1 is 0.722 bits per heavy atom. The van der Waals surface area contributed by atoms with E-state index in [1.54, 1.807) is 24.3 Å². The van der Waals surface area contributed by atoms with Crippen molar-refractivity contribution < 1.29 is 18.3 Å². The number of hydrogen-bond acceptors (Lipinski definition) is 8. The number of amides is 1. The van der Waals surface area contributed by atoms with Crippen molar-refractivity contribution in [3.63, 3.8) is 0 Å². The van der Waals surface area contributed by atoms with Crippen molar-refractivity contribution in [1.82, 2.24) is 15.0 Å². The molecule has 36 heavy (non-hydrogen) atoms. The lowest BCUT2D eigenvalue weighted by Crippen LogP contribution is -2.23. The summed E-state index contributed by atoms with van der Waals surface area (Å²) < 4.78 is 31.9. The molecule has 3 aromatic carbocycles. The molecule has 0 radical (unpaired) electrons. The Morgan fingerprint density at radius 2 is 1.19 bits per heavy atom. The van der Waals surface area contributed by atoms with Crippen LogP contribution in [0, 0.1) is 11.6 Å². The molecule has 4 rings (SSSR count). The minimum Gasteiger partial charge on any atom is -0.494 e. The van der Waals surface area contributed by atoms with Crippen molar-refractivity contribution in [2.75, 3.05) is 34.4 Å². The molecule has 0 saturated heterocycles. The number of nitrogens with zero attached hydrogens (tertiary/aromatic N) is 3. The molecule has 0 bridgehead atoms. The summed E-state index contributed by atoms with van der Waals surface area (Å²) in [6, 6.07) is 18.3. The number of ether oxygens (including phenoxy) is 1. The van der Waals surface area contributed by atoms with E-state index in [0.717, 1.165) is 0 Å². The lowest BCUT2D eigenvalue weighted by atomic mass is 10.3. The summed E-state index contributed by atoms with van der Waals surface area (Å²) in [7, 11) is 0. The van der Waals surface area contributed by atoms with Crippen LogP contribution >= 0.6 is 0 Å². The van der Waals surface area contributed by atoms with Crippen LogP contribution in [0.5, 0.6) is 5.75 Å². The summed E-state index contributed by atoms with van der Waals surface area (Å²) in [5.41, 5.74) is 1.71. The average molecular weight is 492 g/mol. The molecule has 0 aliphatic heterocycles. The van der Waals surface area contributed by atoms with E-state index in [9.17, 15) is 13.6 Å². The summed E-state index contributed by atoms with van der Waals surface area (Å²) >= 11 is 0. The lowest BCUT2D eigenvalue weighted by Gasteiger charge is -2.12. The first-order valence-electron chi connectivity index (χ1n) is 11.0. The van der Waals surface area contributed by atoms with Gasteiger partial charge in [-0.25, -0.2) is 8.78 Å². The molecule has 9 nitrogen and oxygen atoms in total. The number of hydrogen-bond donors (Lipinski definition) is 4. The van der Waals surface area contributed by atoms with Crippen LogP contribution in [0.3, 0.4) is 0 Å². The fraction of sp³-hybridized carbons (Fsp3) is 0.120. The Bertz CT molecular complexity index is 1240. The van der Waals surface area contributed by atoms with Gasteiger partial charge in [-0.15, -0.1) is 0 Å². The summed E-state index contributed by atoms with van der Waals surface area (Å²) in [5.74, 6) is 0.0423. The third kappa shape index (κ3) is 7.10. The second kappa shape index (κ2) is 11.6. The molecule has 0 aliphatic carbocycles. The van der Waals surface area contributed by atoms with Gasteiger partial charge < -0.3 is 26.0 Å². The van der Waals surface area contributed by atoms with Crippen molar-refractivity contribution >= 4 is 40.8 Å². The molecular weight excluding hydrogens is 468 g/mol. The third-order valence-electron chi connectivity index (χ3n) is 4.69. The Hall–Kier alpha value is -4.80. The number of aromatic nitrogens is 3. The maximum atomic E-state index is 13.3. The zero-order valence-corrected chi connectivity index (χ0v) is 19.3. The van der Waals surface area contributed by atoms with E-state index in [4.69, 9.17) is 4.74 Å². The van der Waals surface area contributed by atoms with Crippen LogP contribution in [-0.4, -0.2) is 34.0 Å². The number of halogens is 2. The molecular formula is C25H23F2N7O2. The minimum absolute atomic E-state index is 0.112. The van der Waals surface area contributed by atoms with Gasteiger partial charge in [0.25, 0.3) is 0 Å². The Balaban J connectivity index is 1.47. The van der Waals surface area contributed by atoms with Crippen LogP contribution in [0.1, 0.15) is 6.92 Å².